The van der Waals surface area contributed by atoms with Crippen molar-refractivity contribution >= 4 is 28.8 Å². The van der Waals surface area contributed by atoms with Crippen LogP contribution in [0.3, 0.4) is 0 Å². The third-order valence-corrected chi connectivity index (χ3v) is 3.42. The zero-order chi connectivity index (χ0) is 14.4. The largest absolute Gasteiger partial charge is 0.493 e. The summed E-state index contributed by atoms with van der Waals surface area (Å²) in [7, 11) is 0. The van der Waals surface area contributed by atoms with E-state index in [-0.39, 0.29) is 5.92 Å². The first-order valence-corrected chi connectivity index (χ1v) is 7.15. The summed E-state index contributed by atoms with van der Waals surface area (Å²) in [5, 5.41) is 0.579. The van der Waals surface area contributed by atoms with E-state index in [0.29, 0.717) is 35.4 Å². The topological polar surface area (TPSA) is 44.5 Å². The Hall–Kier alpha value is -1.00. The van der Waals surface area contributed by atoms with E-state index in [1.807, 2.05) is 32.9 Å². The zero-order valence-corrected chi connectivity index (χ0v) is 13.1. The molecule has 19 heavy (non-hydrogen) atoms. The number of hydrogen-bond donors (Lipinski definition) is 1. The maximum absolute atomic E-state index is 6.20. The molecule has 0 aliphatic rings. The van der Waals surface area contributed by atoms with E-state index in [1.165, 1.54) is 0 Å². The van der Waals surface area contributed by atoms with Crippen molar-refractivity contribution in [2.45, 2.75) is 27.2 Å². The second kappa shape index (κ2) is 7.56. The van der Waals surface area contributed by atoms with Crippen LogP contribution in [-0.2, 0) is 6.42 Å². The quantitative estimate of drug-likeness (QED) is 0.782. The van der Waals surface area contributed by atoms with Crippen molar-refractivity contribution in [2.75, 3.05) is 13.2 Å². The minimum absolute atomic E-state index is 0.100. The van der Waals surface area contributed by atoms with E-state index in [4.69, 9.17) is 39.0 Å². The summed E-state index contributed by atoms with van der Waals surface area (Å²) in [5.74, 6) is 1.51. The van der Waals surface area contributed by atoms with E-state index in [2.05, 4.69) is 0 Å². The van der Waals surface area contributed by atoms with Gasteiger partial charge in [0.05, 0.1) is 23.2 Å². The third-order valence-electron chi connectivity index (χ3n) is 2.73. The van der Waals surface area contributed by atoms with Crippen LogP contribution in [0.5, 0.6) is 11.5 Å². The fraction of sp³-hybridized carbons (Fsp3) is 0.500. The van der Waals surface area contributed by atoms with Crippen LogP contribution in [-0.4, -0.2) is 18.2 Å². The molecule has 0 aromatic heterocycles. The van der Waals surface area contributed by atoms with Crippen molar-refractivity contribution in [2.24, 2.45) is 11.7 Å². The Kier molecular flexibility index (Phi) is 6.38. The fourth-order valence-electron chi connectivity index (χ4n) is 1.72. The molecule has 1 rings (SSSR count). The molecule has 0 bridgehead atoms. The monoisotopic (exact) mass is 301 g/mol. The Bertz CT molecular complexity index is 451. The van der Waals surface area contributed by atoms with Gasteiger partial charge >= 0.3 is 0 Å². The van der Waals surface area contributed by atoms with Crippen molar-refractivity contribution < 1.29 is 9.47 Å². The molecule has 1 aromatic carbocycles. The molecule has 1 atom stereocenters. The number of hydrogen-bond acceptors (Lipinski definition) is 3. The van der Waals surface area contributed by atoms with Gasteiger partial charge in [0.15, 0.2) is 0 Å². The SMILES string of the molecule is CCOc1cc(OCC)c(CC(C)C(N)=S)cc1Cl. The summed E-state index contributed by atoms with van der Waals surface area (Å²) < 4.78 is 11.1. The van der Waals surface area contributed by atoms with Crippen LogP contribution in [0.15, 0.2) is 12.1 Å². The van der Waals surface area contributed by atoms with E-state index >= 15 is 0 Å². The Balaban J connectivity index is 3.07. The Labute approximate surface area is 125 Å². The Morgan fingerprint density at radius 3 is 2.37 bits per heavy atom. The number of rotatable bonds is 7. The second-order valence-electron chi connectivity index (χ2n) is 4.26. The van der Waals surface area contributed by atoms with Crippen molar-refractivity contribution in [3.8, 4) is 11.5 Å². The first-order valence-electron chi connectivity index (χ1n) is 6.36. The Morgan fingerprint density at radius 2 is 1.84 bits per heavy atom. The van der Waals surface area contributed by atoms with E-state index in [1.54, 1.807) is 0 Å². The molecule has 0 saturated carbocycles. The molecule has 3 nitrogen and oxygen atoms in total. The first kappa shape index (κ1) is 16.1. The van der Waals surface area contributed by atoms with Gasteiger partial charge in [-0.2, -0.15) is 0 Å². The van der Waals surface area contributed by atoms with Gasteiger partial charge in [0.2, 0.25) is 0 Å². The lowest BCUT2D eigenvalue weighted by molar-refractivity contribution is 0.320. The molecule has 0 saturated heterocycles. The molecule has 0 spiro atoms. The summed E-state index contributed by atoms with van der Waals surface area (Å²) in [6, 6.07) is 3.70. The van der Waals surface area contributed by atoms with Gasteiger partial charge in [-0.05, 0) is 31.9 Å². The maximum Gasteiger partial charge on any atom is 0.141 e. The van der Waals surface area contributed by atoms with Crippen molar-refractivity contribution in [1.82, 2.24) is 0 Å². The maximum atomic E-state index is 6.20. The standard InChI is InChI=1S/C14H20ClNO2S/c1-4-17-12-8-13(18-5-2)11(15)7-10(12)6-9(3)14(16)19/h7-9H,4-6H2,1-3H3,(H2,16,19). The predicted molar refractivity (Wildman–Crippen MR) is 83.4 cm³/mol. The van der Waals surface area contributed by atoms with E-state index in [0.717, 1.165) is 11.3 Å². The van der Waals surface area contributed by atoms with Crippen LogP contribution in [0.25, 0.3) is 0 Å². The van der Waals surface area contributed by atoms with Crippen LogP contribution in [0.1, 0.15) is 26.3 Å². The van der Waals surface area contributed by atoms with Gasteiger partial charge in [0, 0.05) is 12.0 Å². The van der Waals surface area contributed by atoms with Crippen LogP contribution in [0.2, 0.25) is 5.02 Å². The summed E-state index contributed by atoms with van der Waals surface area (Å²) in [6.45, 7) is 6.99. The second-order valence-corrected chi connectivity index (χ2v) is 5.14. The van der Waals surface area contributed by atoms with Crippen molar-refractivity contribution in [3.05, 3.63) is 22.7 Å². The van der Waals surface area contributed by atoms with Crippen molar-refractivity contribution in [1.29, 1.82) is 0 Å². The molecule has 2 N–H and O–H groups in total. The van der Waals surface area contributed by atoms with E-state index < -0.39 is 0 Å². The predicted octanol–water partition coefficient (Wildman–Crippen LogP) is 3.60. The molecule has 0 fully saturated rings. The van der Waals surface area contributed by atoms with Crippen molar-refractivity contribution in [3.63, 3.8) is 0 Å². The van der Waals surface area contributed by atoms with Gasteiger partial charge in [-0.3, -0.25) is 0 Å². The molecule has 1 unspecified atom stereocenters. The lowest BCUT2D eigenvalue weighted by Crippen LogP contribution is -2.20. The number of nitrogens with two attached hydrogens (primary N) is 1. The van der Waals surface area contributed by atoms with E-state index in [9.17, 15) is 0 Å². The first-order chi connectivity index (χ1) is 8.99. The highest BCUT2D eigenvalue weighted by Crippen LogP contribution is 2.34. The summed E-state index contributed by atoms with van der Waals surface area (Å²) in [6.07, 6.45) is 0.705. The molecule has 5 heteroatoms. The van der Waals surface area contributed by atoms with Gasteiger partial charge in [-0.15, -0.1) is 0 Å². The third kappa shape index (κ3) is 4.55. The Morgan fingerprint density at radius 1 is 1.26 bits per heavy atom. The summed E-state index contributed by atoms with van der Waals surface area (Å²) >= 11 is 11.2. The highest BCUT2D eigenvalue weighted by Gasteiger charge is 2.14. The van der Waals surface area contributed by atoms with Crippen LogP contribution < -0.4 is 15.2 Å². The molecule has 1 aromatic rings. The fourth-order valence-corrected chi connectivity index (χ4v) is 2.05. The molecule has 0 aliphatic carbocycles. The minimum atomic E-state index is 0.100. The molecule has 0 aliphatic heterocycles. The van der Waals surface area contributed by atoms with Gasteiger partial charge in [-0.25, -0.2) is 0 Å². The minimum Gasteiger partial charge on any atom is -0.493 e. The molecule has 0 amide bonds. The number of halogens is 1. The van der Waals surface area contributed by atoms with Gasteiger partial charge in [0.1, 0.15) is 11.5 Å². The smallest absolute Gasteiger partial charge is 0.141 e. The lowest BCUT2D eigenvalue weighted by atomic mass is 10.00. The number of ether oxygens (including phenoxy) is 2. The normalized spacial score (nSPS) is 12.0. The molecule has 106 valence electrons. The van der Waals surface area contributed by atoms with Gasteiger partial charge in [0.25, 0.3) is 0 Å². The molecular formula is C14H20ClNO2S. The highest BCUT2D eigenvalue weighted by atomic mass is 35.5. The van der Waals surface area contributed by atoms with Gasteiger partial charge < -0.3 is 15.2 Å². The van der Waals surface area contributed by atoms with Crippen LogP contribution in [0, 0.1) is 5.92 Å². The van der Waals surface area contributed by atoms with Crippen LogP contribution in [0.4, 0.5) is 0 Å². The average molecular weight is 302 g/mol. The molecule has 0 heterocycles. The summed E-state index contributed by atoms with van der Waals surface area (Å²) in [4.78, 5) is 0.493. The molecular weight excluding hydrogens is 282 g/mol. The average Bonchev–Trinajstić information content (AvgIpc) is 2.35. The van der Waals surface area contributed by atoms with Gasteiger partial charge in [-0.1, -0.05) is 30.7 Å². The zero-order valence-electron chi connectivity index (χ0n) is 11.5. The summed E-state index contributed by atoms with van der Waals surface area (Å²) in [5.41, 5.74) is 6.65. The lowest BCUT2D eigenvalue weighted by Gasteiger charge is -2.16. The van der Waals surface area contributed by atoms with Crippen LogP contribution >= 0.6 is 23.8 Å². The number of thiocarbonyl (C=S) groups is 1. The number of benzene rings is 1. The molecule has 0 radical (unpaired) electrons. The highest BCUT2D eigenvalue weighted by molar-refractivity contribution is 7.80.